The van der Waals surface area contributed by atoms with Crippen molar-refractivity contribution in [2.45, 2.75) is 116 Å². The van der Waals surface area contributed by atoms with Crippen molar-refractivity contribution in [3.63, 3.8) is 0 Å². The van der Waals surface area contributed by atoms with Crippen LogP contribution in [0.3, 0.4) is 0 Å². The summed E-state index contributed by atoms with van der Waals surface area (Å²) in [7, 11) is 0. The van der Waals surface area contributed by atoms with Crippen LogP contribution < -0.4 is 0 Å². The maximum atomic E-state index is 13.4. The van der Waals surface area contributed by atoms with E-state index in [0.29, 0.717) is 23.7 Å². The van der Waals surface area contributed by atoms with Crippen LogP contribution >= 0.6 is 23.2 Å². The molecule has 0 aliphatic heterocycles. The zero-order valence-electron chi connectivity index (χ0n) is 20.3. The molecule has 3 nitrogen and oxygen atoms in total. The number of halogens is 2. The molecule has 8 atom stereocenters. The molecule has 0 aromatic heterocycles. The Kier molecular flexibility index (Phi) is 8.87. The number of carbonyl (C=O) groups is 1. The molecule has 0 heterocycles. The standard InChI is InChI=1S/C25H44Cl2O3/c1-15(2)21-11-9-17(5)13-24(21,19(7)26)29-23(28)30-25(20(8)27)14-18(6)10-12-22(25)16(3)4/h15-22H,9-14H2,1-8H3/t17-,18-,19?,20?,21+,22+,24+,25+/m1/s1. The van der Waals surface area contributed by atoms with E-state index in [0.717, 1.165) is 38.5 Å². The van der Waals surface area contributed by atoms with E-state index < -0.39 is 17.4 Å². The number of ether oxygens (including phenoxy) is 2. The predicted molar refractivity (Wildman–Crippen MR) is 126 cm³/mol. The zero-order valence-corrected chi connectivity index (χ0v) is 21.9. The lowest BCUT2D eigenvalue weighted by Crippen LogP contribution is -2.57. The monoisotopic (exact) mass is 462 g/mol. The van der Waals surface area contributed by atoms with Crippen molar-refractivity contribution in [3.05, 3.63) is 0 Å². The van der Waals surface area contributed by atoms with E-state index >= 15 is 0 Å². The molecular weight excluding hydrogens is 419 g/mol. The van der Waals surface area contributed by atoms with Gasteiger partial charge in [0.15, 0.2) is 0 Å². The van der Waals surface area contributed by atoms with Gasteiger partial charge < -0.3 is 9.47 Å². The average molecular weight is 464 g/mol. The van der Waals surface area contributed by atoms with Crippen molar-refractivity contribution in [1.29, 1.82) is 0 Å². The molecule has 2 saturated carbocycles. The number of carbonyl (C=O) groups excluding carboxylic acids is 1. The van der Waals surface area contributed by atoms with Crippen LogP contribution in [0.15, 0.2) is 0 Å². The van der Waals surface area contributed by atoms with Gasteiger partial charge >= 0.3 is 6.16 Å². The molecule has 0 amide bonds. The normalized spacial score (nSPS) is 39.6. The SMILES string of the molecule is CC(C)[C@@H]1CC[C@@H](C)C[C@]1(OC(=O)O[C@]1(C(C)Cl)C[C@H](C)CC[C@H]1C(C)C)C(C)Cl. The van der Waals surface area contributed by atoms with E-state index in [-0.39, 0.29) is 22.6 Å². The van der Waals surface area contributed by atoms with Crippen LogP contribution in [0.5, 0.6) is 0 Å². The van der Waals surface area contributed by atoms with E-state index in [4.69, 9.17) is 32.7 Å². The molecule has 5 heteroatoms. The Balaban J connectivity index is 2.34. The molecular formula is C25H44Cl2O3. The molecule has 176 valence electrons. The molecule has 2 rings (SSSR count). The first-order valence-electron chi connectivity index (χ1n) is 12.1. The van der Waals surface area contributed by atoms with E-state index in [9.17, 15) is 4.79 Å². The van der Waals surface area contributed by atoms with Crippen LogP contribution in [0, 0.1) is 35.5 Å². The lowest BCUT2D eigenvalue weighted by molar-refractivity contribution is -0.155. The van der Waals surface area contributed by atoms with Crippen molar-refractivity contribution in [1.82, 2.24) is 0 Å². The second-order valence-corrected chi connectivity index (χ2v) is 12.4. The van der Waals surface area contributed by atoms with Crippen LogP contribution in [-0.2, 0) is 9.47 Å². The van der Waals surface area contributed by atoms with Gasteiger partial charge in [0.05, 0.1) is 10.8 Å². The lowest BCUT2D eigenvalue weighted by Gasteiger charge is -2.51. The Morgan fingerprint density at radius 1 is 0.733 bits per heavy atom. The van der Waals surface area contributed by atoms with Gasteiger partial charge in [0, 0.05) is 11.8 Å². The molecule has 0 saturated heterocycles. The molecule has 2 unspecified atom stereocenters. The van der Waals surface area contributed by atoms with Gasteiger partial charge in [-0.3, -0.25) is 0 Å². The Bertz CT molecular complexity index is 529. The van der Waals surface area contributed by atoms with E-state index in [1.165, 1.54) is 0 Å². The topological polar surface area (TPSA) is 35.5 Å². The first-order chi connectivity index (χ1) is 13.9. The second-order valence-electron chi connectivity index (χ2n) is 11.1. The fraction of sp³-hybridized carbons (Fsp3) is 0.960. The molecule has 2 aliphatic carbocycles. The summed E-state index contributed by atoms with van der Waals surface area (Å²) in [6, 6.07) is 0. The summed E-state index contributed by atoms with van der Waals surface area (Å²) in [4.78, 5) is 13.4. The van der Waals surface area contributed by atoms with Crippen LogP contribution in [0.4, 0.5) is 4.79 Å². The minimum absolute atomic E-state index is 0.226. The van der Waals surface area contributed by atoms with Gasteiger partial charge in [-0.15, -0.1) is 23.2 Å². The highest BCUT2D eigenvalue weighted by molar-refractivity contribution is 6.21. The molecule has 2 aliphatic rings. The zero-order chi connectivity index (χ0) is 22.9. The highest BCUT2D eigenvalue weighted by atomic mass is 35.5. The smallest absolute Gasteiger partial charge is 0.426 e. The minimum Gasteiger partial charge on any atom is -0.426 e. The number of hydrogen-bond acceptors (Lipinski definition) is 3. The molecule has 2 fully saturated rings. The summed E-state index contributed by atoms with van der Waals surface area (Å²) >= 11 is 13.5. The molecule has 0 aromatic rings. The van der Waals surface area contributed by atoms with Gasteiger partial charge in [0.2, 0.25) is 0 Å². The third-order valence-corrected chi connectivity index (χ3v) is 8.77. The number of rotatable bonds is 6. The van der Waals surface area contributed by atoms with Crippen LogP contribution in [-0.4, -0.2) is 28.1 Å². The summed E-state index contributed by atoms with van der Waals surface area (Å²) in [6.07, 6.45) is 5.29. The Morgan fingerprint density at radius 2 is 1.07 bits per heavy atom. The van der Waals surface area contributed by atoms with E-state index in [2.05, 4.69) is 41.5 Å². The lowest BCUT2D eigenvalue weighted by atomic mass is 9.65. The highest BCUT2D eigenvalue weighted by Gasteiger charge is 2.54. The maximum absolute atomic E-state index is 13.4. The van der Waals surface area contributed by atoms with Crippen molar-refractivity contribution < 1.29 is 14.3 Å². The Morgan fingerprint density at radius 3 is 1.33 bits per heavy atom. The maximum Gasteiger partial charge on any atom is 0.509 e. The van der Waals surface area contributed by atoms with Crippen molar-refractivity contribution in [3.8, 4) is 0 Å². The summed E-state index contributed by atoms with van der Waals surface area (Å²) in [5, 5.41) is -0.563. The van der Waals surface area contributed by atoms with E-state index in [1.807, 2.05) is 13.8 Å². The summed E-state index contributed by atoms with van der Waals surface area (Å²) in [5.41, 5.74) is -1.40. The van der Waals surface area contributed by atoms with Crippen molar-refractivity contribution in [2.75, 3.05) is 0 Å². The highest BCUT2D eigenvalue weighted by Crippen LogP contribution is 2.50. The van der Waals surface area contributed by atoms with Gasteiger partial charge in [0.25, 0.3) is 0 Å². The molecule has 0 spiro atoms. The van der Waals surface area contributed by atoms with E-state index in [1.54, 1.807) is 0 Å². The second kappa shape index (κ2) is 10.2. The van der Waals surface area contributed by atoms with Crippen molar-refractivity contribution in [2.24, 2.45) is 35.5 Å². The Labute approximate surface area is 194 Å². The van der Waals surface area contributed by atoms with Crippen molar-refractivity contribution >= 4 is 29.4 Å². The van der Waals surface area contributed by atoms with Gasteiger partial charge in [0.1, 0.15) is 11.2 Å². The van der Waals surface area contributed by atoms with Gasteiger partial charge in [-0.05, 0) is 63.2 Å². The minimum atomic E-state index is -0.700. The van der Waals surface area contributed by atoms with Gasteiger partial charge in [-0.1, -0.05) is 54.4 Å². The third kappa shape index (κ3) is 5.25. The van der Waals surface area contributed by atoms with Crippen LogP contribution in [0.2, 0.25) is 0 Å². The molecule has 0 N–H and O–H groups in total. The summed E-state index contributed by atoms with van der Waals surface area (Å²) in [6.45, 7) is 17.2. The Hall–Kier alpha value is -0.150. The molecule has 0 aromatic carbocycles. The number of hydrogen-bond donors (Lipinski definition) is 0. The summed E-state index contributed by atoms with van der Waals surface area (Å²) in [5.74, 6) is 2.14. The fourth-order valence-electron chi connectivity index (χ4n) is 6.45. The molecule has 30 heavy (non-hydrogen) atoms. The molecule has 0 radical (unpaired) electrons. The van der Waals surface area contributed by atoms with Crippen LogP contribution in [0.25, 0.3) is 0 Å². The predicted octanol–water partition coefficient (Wildman–Crippen LogP) is 8.06. The average Bonchev–Trinajstić information content (AvgIpc) is 2.60. The summed E-state index contributed by atoms with van der Waals surface area (Å²) < 4.78 is 12.5. The van der Waals surface area contributed by atoms with Gasteiger partial charge in [-0.2, -0.15) is 0 Å². The third-order valence-electron chi connectivity index (χ3n) is 8.03. The quantitative estimate of drug-likeness (QED) is 0.295. The number of alkyl halides is 2. The fourth-order valence-corrected chi connectivity index (χ4v) is 7.04. The first kappa shape index (κ1) is 26.1. The van der Waals surface area contributed by atoms with Gasteiger partial charge in [-0.25, -0.2) is 4.79 Å². The largest absolute Gasteiger partial charge is 0.509 e. The van der Waals surface area contributed by atoms with Crippen LogP contribution in [0.1, 0.15) is 93.9 Å². The first-order valence-corrected chi connectivity index (χ1v) is 12.9. The molecule has 0 bridgehead atoms.